The van der Waals surface area contributed by atoms with Gasteiger partial charge in [-0.15, -0.1) is 0 Å². The first kappa shape index (κ1) is 18.6. The van der Waals surface area contributed by atoms with E-state index in [0.29, 0.717) is 36.1 Å². The van der Waals surface area contributed by atoms with Gasteiger partial charge in [-0.05, 0) is 41.8 Å². The summed E-state index contributed by atoms with van der Waals surface area (Å²) >= 11 is 0. The number of benzene rings is 2. The van der Waals surface area contributed by atoms with Crippen molar-refractivity contribution in [2.24, 2.45) is 5.92 Å². The van der Waals surface area contributed by atoms with Crippen LogP contribution in [0.1, 0.15) is 29.8 Å². The molecular formula is C20H26N2O3. The fourth-order valence-electron chi connectivity index (χ4n) is 2.36. The number of ether oxygens (including phenoxy) is 2. The lowest BCUT2D eigenvalue weighted by Gasteiger charge is -2.12. The molecule has 0 atom stereocenters. The predicted octanol–water partition coefficient (Wildman–Crippen LogP) is 3.70. The van der Waals surface area contributed by atoms with Crippen LogP contribution in [0.25, 0.3) is 0 Å². The van der Waals surface area contributed by atoms with Crippen molar-refractivity contribution in [3.8, 4) is 11.5 Å². The molecule has 25 heavy (non-hydrogen) atoms. The molecule has 0 aliphatic carbocycles. The van der Waals surface area contributed by atoms with Crippen LogP contribution in [0.5, 0.6) is 11.5 Å². The first-order valence-corrected chi connectivity index (χ1v) is 8.36. The third kappa shape index (κ3) is 5.41. The Hall–Kier alpha value is -2.69. The molecule has 2 N–H and O–H groups in total. The van der Waals surface area contributed by atoms with Gasteiger partial charge in [0.05, 0.1) is 14.2 Å². The van der Waals surface area contributed by atoms with Crippen LogP contribution in [-0.4, -0.2) is 26.7 Å². The molecule has 5 heteroatoms. The van der Waals surface area contributed by atoms with E-state index >= 15 is 0 Å². The van der Waals surface area contributed by atoms with Gasteiger partial charge in [0.1, 0.15) is 0 Å². The summed E-state index contributed by atoms with van der Waals surface area (Å²) in [5.41, 5.74) is 2.61. The minimum absolute atomic E-state index is 0.0523. The highest BCUT2D eigenvalue weighted by Crippen LogP contribution is 2.27. The van der Waals surface area contributed by atoms with Crippen LogP contribution >= 0.6 is 0 Å². The number of nitrogens with one attached hydrogen (secondary N) is 2. The molecule has 1 amide bonds. The van der Waals surface area contributed by atoms with Crippen molar-refractivity contribution in [2.75, 3.05) is 26.1 Å². The van der Waals surface area contributed by atoms with Crippen molar-refractivity contribution in [3.05, 3.63) is 53.6 Å². The Morgan fingerprint density at radius 2 is 1.80 bits per heavy atom. The van der Waals surface area contributed by atoms with Crippen LogP contribution in [0.2, 0.25) is 0 Å². The summed E-state index contributed by atoms with van der Waals surface area (Å²) in [6.45, 7) is 5.43. The molecule has 134 valence electrons. The lowest BCUT2D eigenvalue weighted by atomic mass is 10.1. The number of methoxy groups -OCH3 is 2. The van der Waals surface area contributed by atoms with Gasteiger partial charge in [-0.3, -0.25) is 4.79 Å². The van der Waals surface area contributed by atoms with Crippen molar-refractivity contribution in [1.29, 1.82) is 0 Å². The third-order valence-corrected chi connectivity index (χ3v) is 3.74. The van der Waals surface area contributed by atoms with Crippen molar-refractivity contribution < 1.29 is 14.3 Å². The standard InChI is InChI=1S/C20H26N2O3/c1-14(2)12-22-20(23)16-6-5-7-17(11-16)21-13-15-8-9-18(24-3)19(10-15)25-4/h5-11,14,21H,12-13H2,1-4H3,(H,22,23). The van der Waals surface area contributed by atoms with E-state index in [9.17, 15) is 4.79 Å². The molecule has 2 rings (SSSR count). The normalized spacial score (nSPS) is 10.4. The topological polar surface area (TPSA) is 59.6 Å². The molecule has 0 saturated carbocycles. The zero-order valence-electron chi connectivity index (χ0n) is 15.3. The molecule has 0 spiro atoms. The van der Waals surface area contributed by atoms with Crippen molar-refractivity contribution in [1.82, 2.24) is 5.32 Å². The number of amides is 1. The van der Waals surface area contributed by atoms with E-state index < -0.39 is 0 Å². The van der Waals surface area contributed by atoms with Crippen LogP contribution in [-0.2, 0) is 6.54 Å². The van der Waals surface area contributed by atoms with Crippen LogP contribution in [0.3, 0.4) is 0 Å². The number of hydrogen-bond acceptors (Lipinski definition) is 4. The van der Waals surface area contributed by atoms with E-state index in [1.807, 2.05) is 42.5 Å². The van der Waals surface area contributed by atoms with E-state index in [4.69, 9.17) is 9.47 Å². The maximum Gasteiger partial charge on any atom is 0.251 e. The van der Waals surface area contributed by atoms with E-state index in [2.05, 4.69) is 24.5 Å². The quantitative estimate of drug-likeness (QED) is 0.768. The molecule has 0 unspecified atom stereocenters. The summed E-state index contributed by atoms with van der Waals surface area (Å²) in [7, 11) is 3.24. The van der Waals surface area contributed by atoms with Gasteiger partial charge in [0.2, 0.25) is 0 Å². The lowest BCUT2D eigenvalue weighted by Crippen LogP contribution is -2.27. The summed E-state index contributed by atoms with van der Waals surface area (Å²) in [6.07, 6.45) is 0. The summed E-state index contributed by atoms with van der Waals surface area (Å²) in [4.78, 5) is 12.2. The molecule has 0 saturated heterocycles. The smallest absolute Gasteiger partial charge is 0.251 e. The van der Waals surface area contributed by atoms with Crippen LogP contribution in [0.4, 0.5) is 5.69 Å². The molecule has 0 bridgehead atoms. The second-order valence-electron chi connectivity index (χ2n) is 6.23. The largest absolute Gasteiger partial charge is 0.493 e. The highest BCUT2D eigenvalue weighted by molar-refractivity contribution is 5.95. The van der Waals surface area contributed by atoms with Crippen molar-refractivity contribution in [2.45, 2.75) is 20.4 Å². The Morgan fingerprint density at radius 3 is 2.48 bits per heavy atom. The lowest BCUT2D eigenvalue weighted by molar-refractivity contribution is 0.0949. The Balaban J connectivity index is 2.01. The first-order chi connectivity index (χ1) is 12.0. The minimum atomic E-state index is -0.0523. The predicted molar refractivity (Wildman–Crippen MR) is 100 cm³/mol. The second kappa shape index (κ2) is 8.97. The van der Waals surface area contributed by atoms with Gasteiger partial charge in [0.25, 0.3) is 5.91 Å². The van der Waals surface area contributed by atoms with Gasteiger partial charge in [-0.1, -0.05) is 26.0 Å². The van der Waals surface area contributed by atoms with Crippen LogP contribution in [0, 0.1) is 5.92 Å². The van der Waals surface area contributed by atoms with Crippen molar-refractivity contribution in [3.63, 3.8) is 0 Å². The van der Waals surface area contributed by atoms with Crippen LogP contribution < -0.4 is 20.1 Å². The molecule has 2 aromatic carbocycles. The fourth-order valence-corrected chi connectivity index (χ4v) is 2.36. The summed E-state index contributed by atoms with van der Waals surface area (Å²) in [5.74, 6) is 1.78. The first-order valence-electron chi connectivity index (χ1n) is 8.36. The molecule has 0 aliphatic rings. The van der Waals surface area contributed by atoms with Gasteiger partial charge in [0.15, 0.2) is 11.5 Å². The van der Waals surface area contributed by atoms with E-state index in [0.717, 1.165) is 11.3 Å². The Bertz CT molecular complexity index is 714. The number of rotatable bonds is 8. The Kier molecular flexibility index (Phi) is 6.69. The maximum atomic E-state index is 12.2. The minimum Gasteiger partial charge on any atom is -0.493 e. The van der Waals surface area contributed by atoms with Gasteiger partial charge in [-0.2, -0.15) is 0 Å². The van der Waals surface area contributed by atoms with E-state index in [-0.39, 0.29) is 5.91 Å². The average Bonchev–Trinajstić information content (AvgIpc) is 2.64. The zero-order valence-corrected chi connectivity index (χ0v) is 15.3. The zero-order chi connectivity index (χ0) is 18.2. The third-order valence-electron chi connectivity index (χ3n) is 3.74. The number of carbonyl (C=O) groups is 1. The monoisotopic (exact) mass is 342 g/mol. The van der Waals surface area contributed by atoms with Crippen LogP contribution in [0.15, 0.2) is 42.5 Å². The highest BCUT2D eigenvalue weighted by atomic mass is 16.5. The number of anilines is 1. The summed E-state index contributed by atoms with van der Waals surface area (Å²) < 4.78 is 10.6. The number of hydrogen-bond donors (Lipinski definition) is 2. The fraction of sp³-hybridized carbons (Fsp3) is 0.350. The second-order valence-corrected chi connectivity index (χ2v) is 6.23. The average molecular weight is 342 g/mol. The molecular weight excluding hydrogens is 316 g/mol. The van der Waals surface area contributed by atoms with Gasteiger partial charge in [0, 0.05) is 24.3 Å². The van der Waals surface area contributed by atoms with Gasteiger partial charge < -0.3 is 20.1 Å². The van der Waals surface area contributed by atoms with Crippen molar-refractivity contribution >= 4 is 11.6 Å². The van der Waals surface area contributed by atoms with Gasteiger partial charge in [-0.25, -0.2) is 0 Å². The number of carbonyl (C=O) groups excluding carboxylic acids is 1. The van der Waals surface area contributed by atoms with E-state index in [1.54, 1.807) is 14.2 Å². The molecule has 0 fully saturated rings. The van der Waals surface area contributed by atoms with E-state index in [1.165, 1.54) is 0 Å². The maximum absolute atomic E-state index is 12.2. The van der Waals surface area contributed by atoms with Gasteiger partial charge >= 0.3 is 0 Å². The molecule has 0 heterocycles. The SMILES string of the molecule is COc1ccc(CNc2cccc(C(=O)NCC(C)C)c2)cc1OC. The molecule has 5 nitrogen and oxygen atoms in total. The molecule has 0 radical (unpaired) electrons. The molecule has 0 aromatic heterocycles. The highest BCUT2D eigenvalue weighted by Gasteiger charge is 2.07. The summed E-state index contributed by atoms with van der Waals surface area (Å²) in [6, 6.07) is 13.3. The summed E-state index contributed by atoms with van der Waals surface area (Å²) in [5, 5.41) is 6.26. The Morgan fingerprint density at radius 1 is 1.04 bits per heavy atom. The Labute approximate surface area is 149 Å². The molecule has 0 aliphatic heterocycles. The molecule has 2 aromatic rings.